The van der Waals surface area contributed by atoms with Crippen molar-refractivity contribution in [1.82, 2.24) is 14.6 Å². The highest BCUT2D eigenvalue weighted by atomic mass is 16.5. The van der Waals surface area contributed by atoms with E-state index in [2.05, 4.69) is 10.1 Å². The lowest BCUT2D eigenvalue weighted by molar-refractivity contribution is 0.108. The molecule has 1 aliphatic rings. The number of nitrogens with zero attached hydrogens (tertiary/aromatic N) is 3. The summed E-state index contributed by atoms with van der Waals surface area (Å²) in [7, 11) is 0. The van der Waals surface area contributed by atoms with Crippen LogP contribution in [0.3, 0.4) is 0 Å². The molecule has 90 valence electrons. The van der Waals surface area contributed by atoms with Crippen LogP contribution in [0.15, 0.2) is 18.5 Å². The van der Waals surface area contributed by atoms with Crippen LogP contribution in [-0.4, -0.2) is 27.7 Å². The molecule has 0 bridgehead atoms. The van der Waals surface area contributed by atoms with Crippen LogP contribution in [0.5, 0.6) is 0 Å². The Morgan fingerprint density at radius 3 is 3.24 bits per heavy atom. The first kappa shape index (κ1) is 10.7. The van der Waals surface area contributed by atoms with Crippen LogP contribution in [0.25, 0.3) is 5.65 Å². The van der Waals surface area contributed by atoms with E-state index in [0.717, 1.165) is 42.8 Å². The van der Waals surface area contributed by atoms with Crippen molar-refractivity contribution < 1.29 is 4.74 Å². The Hall–Kier alpha value is -1.46. The van der Waals surface area contributed by atoms with E-state index in [9.17, 15) is 0 Å². The van der Waals surface area contributed by atoms with Crippen LogP contribution in [0.4, 0.5) is 0 Å². The first-order valence-electron chi connectivity index (χ1n) is 6.04. The second-order valence-corrected chi connectivity index (χ2v) is 4.29. The van der Waals surface area contributed by atoms with Crippen LogP contribution < -0.4 is 5.73 Å². The Morgan fingerprint density at radius 1 is 1.53 bits per heavy atom. The summed E-state index contributed by atoms with van der Waals surface area (Å²) in [4.78, 5) is 4.38. The van der Waals surface area contributed by atoms with E-state index in [4.69, 9.17) is 10.5 Å². The third-order valence-corrected chi connectivity index (χ3v) is 3.15. The van der Waals surface area contributed by atoms with E-state index >= 15 is 0 Å². The maximum atomic E-state index is 5.71. The minimum atomic E-state index is 0.123. The summed E-state index contributed by atoms with van der Waals surface area (Å²) in [5.41, 5.74) is 8.74. The van der Waals surface area contributed by atoms with Crippen molar-refractivity contribution in [3.8, 4) is 0 Å². The van der Waals surface area contributed by atoms with Crippen molar-refractivity contribution in [2.24, 2.45) is 5.73 Å². The molecule has 2 aromatic heterocycles. The highest BCUT2D eigenvalue weighted by Crippen LogP contribution is 2.31. The molecule has 3 rings (SSSR count). The summed E-state index contributed by atoms with van der Waals surface area (Å²) in [5, 5.41) is 4.59. The van der Waals surface area contributed by atoms with Crippen molar-refractivity contribution in [2.75, 3.05) is 13.2 Å². The molecule has 2 N–H and O–H groups in total. The molecule has 0 radical (unpaired) electrons. The fraction of sp³-hybridized carbons (Fsp3) is 0.500. The Balaban J connectivity index is 2.11. The van der Waals surface area contributed by atoms with Gasteiger partial charge in [-0.25, -0.2) is 9.50 Å². The Labute approximate surface area is 99.6 Å². The first-order chi connectivity index (χ1) is 8.40. The third kappa shape index (κ3) is 1.81. The van der Waals surface area contributed by atoms with E-state index in [1.165, 1.54) is 0 Å². The molecular formula is C12H16N4O. The molecule has 1 fully saturated rings. The van der Waals surface area contributed by atoms with Gasteiger partial charge < -0.3 is 10.5 Å². The average Bonchev–Trinajstić information content (AvgIpc) is 2.97. The minimum absolute atomic E-state index is 0.123. The molecule has 2 aromatic rings. The summed E-state index contributed by atoms with van der Waals surface area (Å²) >= 11 is 0. The van der Waals surface area contributed by atoms with Crippen LogP contribution in [0.1, 0.15) is 30.2 Å². The summed E-state index contributed by atoms with van der Waals surface area (Å²) < 4.78 is 7.53. The summed E-state index contributed by atoms with van der Waals surface area (Å²) in [6.45, 7) is 1.44. The number of ether oxygens (including phenoxy) is 1. The Morgan fingerprint density at radius 2 is 2.47 bits per heavy atom. The lowest BCUT2D eigenvalue weighted by Crippen LogP contribution is -2.07. The van der Waals surface area contributed by atoms with E-state index in [-0.39, 0.29) is 6.10 Å². The zero-order valence-corrected chi connectivity index (χ0v) is 9.67. The molecule has 0 amide bonds. The molecule has 3 heterocycles. The maximum Gasteiger partial charge on any atom is 0.158 e. The average molecular weight is 232 g/mol. The van der Waals surface area contributed by atoms with Crippen molar-refractivity contribution >= 4 is 5.65 Å². The molecule has 1 saturated heterocycles. The van der Waals surface area contributed by atoms with E-state index < -0.39 is 0 Å². The predicted octanol–water partition coefficient (Wildman–Crippen LogP) is 1.08. The van der Waals surface area contributed by atoms with Crippen molar-refractivity contribution in [3.05, 3.63) is 29.7 Å². The summed E-state index contributed by atoms with van der Waals surface area (Å²) in [6, 6.07) is 1.88. The van der Waals surface area contributed by atoms with Gasteiger partial charge in [0.2, 0.25) is 0 Å². The monoisotopic (exact) mass is 232 g/mol. The van der Waals surface area contributed by atoms with E-state index in [1.807, 2.05) is 16.8 Å². The second-order valence-electron chi connectivity index (χ2n) is 4.29. The van der Waals surface area contributed by atoms with Gasteiger partial charge in [-0.05, 0) is 31.9 Å². The van der Waals surface area contributed by atoms with Crippen LogP contribution in [-0.2, 0) is 11.2 Å². The molecule has 1 aliphatic heterocycles. The zero-order valence-electron chi connectivity index (χ0n) is 9.67. The highest BCUT2D eigenvalue weighted by molar-refractivity contribution is 5.50. The lowest BCUT2D eigenvalue weighted by Gasteiger charge is -2.07. The number of aromatic nitrogens is 3. The molecule has 0 aliphatic carbocycles. The van der Waals surface area contributed by atoms with Crippen molar-refractivity contribution in [1.29, 1.82) is 0 Å². The highest BCUT2D eigenvalue weighted by Gasteiger charge is 2.25. The van der Waals surface area contributed by atoms with Gasteiger partial charge in [0, 0.05) is 24.6 Å². The summed E-state index contributed by atoms with van der Waals surface area (Å²) in [6.07, 6.45) is 6.78. The zero-order chi connectivity index (χ0) is 11.7. The lowest BCUT2D eigenvalue weighted by atomic mass is 10.1. The number of nitrogens with two attached hydrogens (primary N) is 1. The minimum Gasteiger partial charge on any atom is -0.372 e. The van der Waals surface area contributed by atoms with Crippen LogP contribution in [0.2, 0.25) is 0 Å². The van der Waals surface area contributed by atoms with Gasteiger partial charge in [0.1, 0.15) is 6.10 Å². The van der Waals surface area contributed by atoms with Gasteiger partial charge in [-0.1, -0.05) is 0 Å². The van der Waals surface area contributed by atoms with Gasteiger partial charge in [-0.15, -0.1) is 0 Å². The molecule has 0 aromatic carbocycles. The van der Waals surface area contributed by atoms with Gasteiger partial charge in [0.15, 0.2) is 5.65 Å². The Kier molecular flexibility index (Phi) is 2.78. The van der Waals surface area contributed by atoms with E-state index in [1.54, 1.807) is 6.20 Å². The van der Waals surface area contributed by atoms with Crippen LogP contribution >= 0.6 is 0 Å². The van der Waals surface area contributed by atoms with Gasteiger partial charge in [0.25, 0.3) is 0 Å². The number of hydrogen-bond acceptors (Lipinski definition) is 4. The SMILES string of the molecule is NCCc1c(C2CCCO2)nn2cccnc12. The molecule has 0 saturated carbocycles. The maximum absolute atomic E-state index is 5.71. The van der Waals surface area contributed by atoms with Gasteiger partial charge in [0.05, 0.1) is 5.69 Å². The van der Waals surface area contributed by atoms with Crippen LogP contribution in [0, 0.1) is 0 Å². The van der Waals surface area contributed by atoms with Crippen molar-refractivity contribution in [3.63, 3.8) is 0 Å². The number of fused-ring (bicyclic) bond motifs is 1. The molecule has 5 nitrogen and oxygen atoms in total. The van der Waals surface area contributed by atoms with Gasteiger partial charge in [-0.2, -0.15) is 5.10 Å². The number of rotatable bonds is 3. The fourth-order valence-electron chi connectivity index (χ4n) is 2.39. The van der Waals surface area contributed by atoms with Gasteiger partial charge >= 0.3 is 0 Å². The molecule has 5 heteroatoms. The second kappa shape index (κ2) is 4.43. The fourth-order valence-corrected chi connectivity index (χ4v) is 2.39. The standard InChI is InChI=1S/C12H16N4O/c13-5-4-9-11(10-3-1-8-17-10)15-16-7-2-6-14-12(9)16/h2,6-7,10H,1,3-5,8,13H2. The van der Waals surface area contributed by atoms with Crippen molar-refractivity contribution in [2.45, 2.75) is 25.4 Å². The Bertz CT molecular complexity index is 516. The first-order valence-corrected chi connectivity index (χ1v) is 6.04. The molecule has 1 atom stereocenters. The molecular weight excluding hydrogens is 216 g/mol. The van der Waals surface area contributed by atoms with Gasteiger partial charge in [-0.3, -0.25) is 0 Å². The topological polar surface area (TPSA) is 65.4 Å². The normalized spacial score (nSPS) is 20.2. The smallest absolute Gasteiger partial charge is 0.158 e. The molecule has 0 spiro atoms. The third-order valence-electron chi connectivity index (χ3n) is 3.15. The predicted molar refractivity (Wildman–Crippen MR) is 63.7 cm³/mol. The molecule has 1 unspecified atom stereocenters. The quantitative estimate of drug-likeness (QED) is 0.860. The largest absolute Gasteiger partial charge is 0.372 e. The summed E-state index contributed by atoms with van der Waals surface area (Å²) in [5.74, 6) is 0. The number of hydrogen-bond donors (Lipinski definition) is 1. The molecule has 17 heavy (non-hydrogen) atoms. The van der Waals surface area contributed by atoms with E-state index in [0.29, 0.717) is 6.54 Å².